The Morgan fingerprint density at radius 3 is 2.72 bits per heavy atom. The lowest BCUT2D eigenvalue weighted by Crippen LogP contribution is -2.36. The highest BCUT2D eigenvalue weighted by Crippen LogP contribution is 2.21. The molecule has 0 aliphatic heterocycles. The predicted molar refractivity (Wildman–Crippen MR) is 107 cm³/mol. The summed E-state index contributed by atoms with van der Waals surface area (Å²) < 4.78 is 0. The van der Waals surface area contributed by atoms with E-state index in [1.807, 2.05) is 31.4 Å². The van der Waals surface area contributed by atoms with Crippen LogP contribution in [-0.2, 0) is 4.79 Å². The average Bonchev–Trinajstić information content (AvgIpc) is 2.59. The lowest BCUT2D eigenvalue weighted by atomic mass is 10.1. The van der Waals surface area contributed by atoms with Crippen LogP contribution in [0.2, 0.25) is 0 Å². The van der Waals surface area contributed by atoms with Gasteiger partial charge in [-0.15, -0.1) is 12.4 Å². The number of pyridine rings is 1. The molecule has 2 rings (SSSR count). The van der Waals surface area contributed by atoms with Gasteiger partial charge in [-0.25, -0.2) is 4.98 Å². The Bertz CT molecular complexity index is 742. The van der Waals surface area contributed by atoms with Crippen LogP contribution in [0, 0.1) is 0 Å². The number of nitrogens with two attached hydrogens (primary N) is 1. The van der Waals surface area contributed by atoms with E-state index in [2.05, 4.69) is 15.6 Å². The van der Waals surface area contributed by atoms with Gasteiger partial charge < -0.3 is 16.4 Å². The van der Waals surface area contributed by atoms with Crippen molar-refractivity contribution in [2.45, 2.75) is 19.4 Å². The van der Waals surface area contributed by atoms with Gasteiger partial charge in [0.25, 0.3) is 5.91 Å². The van der Waals surface area contributed by atoms with Gasteiger partial charge in [0.1, 0.15) is 5.82 Å². The van der Waals surface area contributed by atoms with Crippen molar-refractivity contribution in [3.8, 4) is 0 Å². The second kappa shape index (κ2) is 10.2. The van der Waals surface area contributed by atoms with Crippen LogP contribution in [0.4, 0.5) is 5.82 Å². The second-order valence-electron chi connectivity index (χ2n) is 5.31. The summed E-state index contributed by atoms with van der Waals surface area (Å²) in [6.07, 6.45) is 2.55. The summed E-state index contributed by atoms with van der Waals surface area (Å²) in [7, 11) is 0. The number of aromatic nitrogens is 1. The molecule has 1 unspecified atom stereocenters. The minimum absolute atomic E-state index is 0. The van der Waals surface area contributed by atoms with E-state index < -0.39 is 6.04 Å². The van der Waals surface area contributed by atoms with Crippen LogP contribution in [0.15, 0.2) is 30.3 Å². The van der Waals surface area contributed by atoms with Gasteiger partial charge >= 0.3 is 0 Å². The molecule has 1 atom stereocenters. The first-order valence-corrected chi connectivity index (χ1v) is 9.19. The van der Waals surface area contributed by atoms with Crippen molar-refractivity contribution in [2.75, 3.05) is 23.9 Å². The highest BCUT2D eigenvalue weighted by molar-refractivity contribution is 7.98. The number of thioether (sulfide) groups is 1. The van der Waals surface area contributed by atoms with E-state index in [0.29, 0.717) is 29.9 Å². The molecule has 0 aliphatic rings. The number of carbonyl (C=O) groups is 2. The quantitative estimate of drug-likeness (QED) is 0.683. The third-order valence-electron chi connectivity index (χ3n) is 3.52. The normalized spacial score (nSPS) is 11.5. The van der Waals surface area contributed by atoms with E-state index in [1.165, 1.54) is 0 Å². The van der Waals surface area contributed by atoms with Crippen LogP contribution in [0.25, 0.3) is 10.9 Å². The molecule has 0 radical (unpaired) electrons. The number of halogens is 1. The summed E-state index contributed by atoms with van der Waals surface area (Å²) in [5, 5.41) is 6.24. The SMILES string of the molecule is CCNC(=O)c1cc(NC(=O)C(N)CCSC)nc2ccccc12.Cl. The van der Waals surface area contributed by atoms with Crippen LogP contribution >= 0.6 is 24.2 Å². The first-order chi connectivity index (χ1) is 11.6. The van der Waals surface area contributed by atoms with Gasteiger partial charge in [-0.05, 0) is 37.5 Å². The summed E-state index contributed by atoms with van der Waals surface area (Å²) in [5.74, 6) is 0.649. The van der Waals surface area contributed by atoms with Crippen molar-refractivity contribution in [3.05, 3.63) is 35.9 Å². The number of benzene rings is 1. The average molecular weight is 383 g/mol. The summed E-state index contributed by atoms with van der Waals surface area (Å²) >= 11 is 1.64. The number of carbonyl (C=O) groups excluding carboxylic acids is 2. The van der Waals surface area contributed by atoms with E-state index in [1.54, 1.807) is 23.9 Å². The Morgan fingerprint density at radius 1 is 1.32 bits per heavy atom. The number of hydrogen-bond donors (Lipinski definition) is 3. The minimum atomic E-state index is -0.598. The largest absolute Gasteiger partial charge is 0.352 e. The maximum absolute atomic E-state index is 12.3. The molecule has 0 saturated carbocycles. The van der Waals surface area contributed by atoms with Crippen molar-refractivity contribution in [2.24, 2.45) is 5.73 Å². The van der Waals surface area contributed by atoms with E-state index in [4.69, 9.17) is 5.73 Å². The molecule has 0 bridgehead atoms. The smallest absolute Gasteiger partial charge is 0.252 e. The first-order valence-electron chi connectivity index (χ1n) is 7.80. The summed E-state index contributed by atoms with van der Waals surface area (Å²) in [6, 6.07) is 8.32. The second-order valence-corrected chi connectivity index (χ2v) is 6.29. The number of amides is 2. The van der Waals surface area contributed by atoms with Gasteiger partial charge in [0.2, 0.25) is 5.91 Å². The predicted octanol–water partition coefficient (Wildman–Crippen LogP) is 2.43. The molecule has 0 fully saturated rings. The number of hydrogen-bond acceptors (Lipinski definition) is 5. The van der Waals surface area contributed by atoms with Gasteiger partial charge in [0.05, 0.1) is 17.1 Å². The van der Waals surface area contributed by atoms with Gasteiger partial charge in [-0.1, -0.05) is 18.2 Å². The summed E-state index contributed by atoms with van der Waals surface area (Å²) in [6.45, 7) is 2.38. The maximum atomic E-state index is 12.3. The summed E-state index contributed by atoms with van der Waals surface area (Å²) in [4.78, 5) is 28.9. The van der Waals surface area contributed by atoms with Gasteiger partial charge in [0.15, 0.2) is 0 Å². The number of rotatable bonds is 7. The molecule has 25 heavy (non-hydrogen) atoms. The zero-order valence-corrected chi connectivity index (χ0v) is 15.9. The lowest BCUT2D eigenvalue weighted by Gasteiger charge is -2.13. The number of anilines is 1. The van der Waals surface area contributed by atoms with Crippen LogP contribution in [0.1, 0.15) is 23.7 Å². The fourth-order valence-corrected chi connectivity index (χ4v) is 2.77. The third-order valence-corrected chi connectivity index (χ3v) is 4.16. The molecular weight excluding hydrogens is 360 g/mol. The third kappa shape index (κ3) is 5.59. The van der Waals surface area contributed by atoms with Crippen LogP contribution in [0.5, 0.6) is 0 Å². The fourth-order valence-electron chi connectivity index (χ4n) is 2.28. The van der Waals surface area contributed by atoms with Crippen molar-refractivity contribution in [3.63, 3.8) is 0 Å². The molecule has 8 heteroatoms. The number of nitrogens with zero attached hydrogens (tertiary/aromatic N) is 1. The summed E-state index contributed by atoms with van der Waals surface area (Å²) in [5.41, 5.74) is 7.01. The van der Waals surface area contributed by atoms with Crippen molar-refractivity contribution >= 4 is 52.7 Å². The van der Waals surface area contributed by atoms with Crippen LogP contribution in [0.3, 0.4) is 0 Å². The topological polar surface area (TPSA) is 97.1 Å². The molecule has 2 aromatic rings. The molecule has 4 N–H and O–H groups in total. The van der Waals surface area contributed by atoms with Crippen LogP contribution < -0.4 is 16.4 Å². The molecule has 136 valence electrons. The standard InChI is InChI=1S/C17H22N4O2S.ClH/c1-3-19-16(22)12-10-15(20-14-7-5-4-6-11(12)14)21-17(23)13(18)8-9-24-2;/h4-7,10,13H,3,8-9,18H2,1-2H3,(H,19,22)(H,20,21,23);1H. The molecule has 1 aromatic heterocycles. The van der Waals surface area contributed by atoms with Crippen LogP contribution in [-0.4, -0.2) is 41.4 Å². The van der Waals surface area contributed by atoms with Crippen molar-refractivity contribution in [1.82, 2.24) is 10.3 Å². The van der Waals surface area contributed by atoms with Gasteiger partial charge in [-0.2, -0.15) is 11.8 Å². The number of nitrogens with one attached hydrogen (secondary N) is 2. The molecular formula is C17H23ClN4O2S. The Kier molecular flexibility index (Phi) is 8.68. The highest BCUT2D eigenvalue weighted by atomic mass is 35.5. The Balaban J connectivity index is 0.00000312. The number of para-hydroxylation sites is 1. The van der Waals surface area contributed by atoms with E-state index in [-0.39, 0.29) is 24.2 Å². The van der Waals surface area contributed by atoms with E-state index in [9.17, 15) is 9.59 Å². The zero-order valence-electron chi connectivity index (χ0n) is 14.2. The Hall–Kier alpha value is -1.83. The zero-order chi connectivity index (χ0) is 17.5. The van der Waals surface area contributed by atoms with E-state index in [0.717, 1.165) is 11.1 Å². The molecule has 1 heterocycles. The van der Waals surface area contributed by atoms with Gasteiger partial charge in [-0.3, -0.25) is 9.59 Å². The lowest BCUT2D eigenvalue weighted by molar-refractivity contribution is -0.117. The maximum Gasteiger partial charge on any atom is 0.252 e. The Labute approximate surface area is 157 Å². The molecule has 1 aromatic carbocycles. The van der Waals surface area contributed by atoms with Crippen molar-refractivity contribution < 1.29 is 9.59 Å². The molecule has 0 aliphatic carbocycles. The van der Waals surface area contributed by atoms with Crippen molar-refractivity contribution in [1.29, 1.82) is 0 Å². The molecule has 6 nitrogen and oxygen atoms in total. The minimum Gasteiger partial charge on any atom is -0.352 e. The monoisotopic (exact) mass is 382 g/mol. The van der Waals surface area contributed by atoms with E-state index >= 15 is 0 Å². The first kappa shape index (κ1) is 21.2. The van der Waals surface area contributed by atoms with Gasteiger partial charge in [0, 0.05) is 11.9 Å². The fraction of sp³-hybridized carbons (Fsp3) is 0.353. The molecule has 0 spiro atoms. The highest BCUT2D eigenvalue weighted by Gasteiger charge is 2.17. The Morgan fingerprint density at radius 2 is 2.04 bits per heavy atom. The molecule has 0 saturated heterocycles. The molecule has 2 amide bonds. The number of fused-ring (bicyclic) bond motifs is 1.